The molecule has 0 spiro atoms. The minimum Gasteiger partial charge on any atom is -0.395 e. The molecule has 0 fully saturated rings. The predicted octanol–water partition coefficient (Wildman–Crippen LogP) is 0.482. The normalized spacial score (nSPS) is 33.1. The fraction of sp³-hybridized carbons (Fsp3) is 0.556. The lowest BCUT2D eigenvalue weighted by molar-refractivity contribution is -0.206. The van der Waals surface area contributed by atoms with Crippen LogP contribution in [0.3, 0.4) is 0 Å². The van der Waals surface area contributed by atoms with Gasteiger partial charge in [-0.3, -0.25) is 4.84 Å². The molecule has 0 saturated carbocycles. The zero-order chi connectivity index (χ0) is 10.1. The summed E-state index contributed by atoms with van der Waals surface area (Å²) in [7, 11) is 0. The number of oxime groups is 2. The molecule has 6 heteroatoms. The Morgan fingerprint density at radius 1 is 1.40 bits per heavy atom. The zero-order valence-corrected chi connectivity index (χ0v) is 8.07. The smallest absolute Gasteiger partial charge is 0.227 e. The second-order valence-corrected chi connectivity index (χ2v) is 3.49. The molecule has 0 bridgehead atoms. The van der Waals surface area contributed by atoms with Crippen LogP contribution in [0, 0.1) is 5.92 Å². The van der Waals surface area contributed by atoms with Crippen molar-refractivity contribution in [2.45, 2.75) is 12.6 Å². The van der Waals surface area contributed by atoms with Crippen molar-refractivity contribution >= 4 is 12.4 Å². The number of hydrogen-bond donors (Lipinski definition) is 0. The first-order valence-electron chi connectivity index (χ1n) is 4.90. The van der Waals surface area contributed by atoms with Crippen molar-refractivity contribution in [3.8, 4) is 0 Å². The molecule has 0 aromatic heterocycles. The first-order chi connectivity index (χ1) is 7.45. The van der Waals surface area contributed by atoms with Crippen molar-refractivity contribution in [3.63, 3.8) is 0 Å². The zero-order valence-electron chi connectivity index (χ0n) is 8.07. The lowest BCUT2D eigenvalue weighted by Crippen LogP contribution is -2.34. The number of rotatable bonds is 2. The molecule has 0 saturated heterocycles. The Morgan fingerprint density at radius 3 is 3.13 bits per heavy atom. The summed E-state index contributed by atoms with van der Waals surface area (Å²) in [6, 6.07) is 0. The molecule has 3 rings (SSSR count). The van der Waals surface area contributed by atoms with Gasteiger partial charge in [0, 0.05) is 12.6 Å². The summed E-state index contributed by atoms with van der Waals surface area (Å²) in [6.45, 7) is 1.14. The lowest BCUT2D eigenvalue weighted by atomic mass is 10.1. The first-order valence-corrected chi connectivity index (χ1v) is 4.90. The average molecular weight is 209 g/mol. The molecule has 0 aliphatic carbocycles. The van der Waals surface area contributed by atoms with Crippen LogP contribution in [0.25, 0.3) is 0 Å². The highest BCUT2D eigenvalue weighted by molar-refractivity contribution is 5.66. The van der Waals surface area contributed by atoms with Crippen LogP contribution < -0.4 is 0 Å². The van der Waals surface area contributed by atoms with Crippen molar-refractivity contribution in [2.24, 2.45) is 16.2 Å². The second-order valence-electron chi connectivity index (χ2n) is 3.49. The van der Waals surface area contributed by atoms with E-state index in [0.29, 0.717) is 13.2 Å². The van der Waals surface area contributed by atoms with E-state index >= 15 is 0 Å². The summed E-state index contributed by atoms with van der Waals surface area (Å²) in [5.41, 5.74) is 1.05. The van der Waals surface area contributed by atoms with Gasteiger partial charge in [-0.25, -0.2) is 5.06 Å². The Morgan fingerprint density at radius 2 is 2.40 bits per heavy atom. The average Bonchev–Trinajstić information content (AvgIpc) is 3.01. The van der Waals surface area contributed by atoms with Gasteiger partial charge < -0.3 is 9.68 Å². The maximum absolute atomic E-state index is 5.48. The molecule has 0 radical (unpaired) electrons. The summed E-state index contributed by atoms with van der Waals surface area (Å²) in [5, 5.41) is 9.24. The van der Waals surface area contributed by atoms with Crippen molar-refractivity contribution in [2.75, 3.05) is 13.2 Å². The topological polar surface area (TPSA) is 55.7 Å². The Kier molecular flexibility index (Phi) is 2.06. The summed E-state index contributed by atoms with van der Waals surface area (Å²) >= 11 is 0. The van der Waals surface area contributed by atoms with E-state index in [1.54, 1.807) is 17.5 Å². The highest BCUT2D eigenvalue weighted by Crippen LogP contribution is 2.28. The largest absolute Gasteiger partial charge is 0.395 e. The van der Waals surface area contributed by atoms with Crippen LogP contribution in [-0.4, -0.2) is 36.9 Å². The monoisotopic (exact) mass is 209 g/mol. The maximum atomic E-state index is 5.48. The third-order valence-electron chi connectivity index (χ3n) is 2.54. The van der Waals surface area contributed by atoms with Gasteiger partial charge in [0.15, 0.2) is 0 Å². The minimum atomic E-state index is -0.146. The second kappa shape index (κ2) is 3.54. The highest BCUT2D eigenvalue weighted by atomic mass is 16.8. The van der Waals surface area contributed by atoms with Crippen LogP contribution in [0.1, 0.15) is 6.42 Å². The van der Waals surface area contributed by atoms with Gasteiger partial charge in [0.05, 0.1) is 24.4 Å². The molecule has 2 atom stereocenters. The van der Waals surface area contributed by atoms with Crippen molar-refractivity contribution in [3.05, 3.63) is 11.8 Å². The SMILES string of the molecule is C1=NOCC1C1=CCON1C1CC=NO1. The van der Waals surface area contributed by atoms with Gasteiger partial charge in [-0.15, -0.1) is 0 Å². The van der Waals surface area contributed by atoms with Crippen LogP contribution in [0.2, 0.25) is 0 Å². The quantitative estimate of drug-likeness (QED) is 0.663. The fourth-order valence-electron chi connectivity index (χ4n) is 1.80. The van der Waals surface area contributed by atoms with Crippen LogP contribution in [0.15, 0.2) is 22.1 Å². The summed E-state index contributed by atoms with van der Waals surface area (Å²) < 4.78 is 0. The molecule has 0 amide bonds. The van der Waals surface area contributed by atoms with Crippen molar-refractivity contribution in [1.29, 1.82) is 0 Å². The van der Waals surface area contributed by atoms with Crippen LogP contribution >= 0.6 is 0 Å². The van der Waals surface area contributed by atoms with E-state index in [-0.39, 0.29) is 12.1 Å². The van der Waals surface area contributed by atoms with Crippen LogP contribution in [0.5, 0.6) is 0 Å². The molecule has 3 aliphatic rings. The van der Waals surface area contributed by atoms with Crippen LogP contribution in [-0.2, 0) is 14.5 Å². The van der Waals surface area contributed by atoms with E-state index in [2.05, 4.69) is 10.3 Å². The Balaban J connectivity index is 1.73. The standard InChI is InChI=1S/C9H11N3O3/c1-3-10-15-9(1)12-8(2-4-14-12)7-5-11-13-6-7/h2-3,5,7,9H,1,4,6H2. The molecule has 3 aliphatic heterocycles. The Hall–Kier alpha value is -1.56. The number of nitrogens with zero attached hydrogens (tertiary/aromatic N) is 3. The molecule has 0 N–H and O–H groups in total. The Labute approximate surface area is 86.7 Å². The first kappa shape index (κ1) is 8.72. The summed E-state index contributed by atoms with van der Waals surface area (Å²) in [4.78, 5) is 15.6. The number of hydroxylamine groups is 2. The molecule has 2 unspecified atom stereocenters. The summed E-state index contributed by atoms with van der Waals surface area (Å²) in [5.74, 6) is 0.164. The molecule has 15 heavy (non-hydrogen) atoms. The van der Waals surface area contributed by atoms with E-state index in [9.17, 15) is 0 Å². The lowest BCUT2D eigenvalue weighted by Gasteiger charge is -2.26. The number of hydrogen-bond acceptors (Lipinski definition) is 6. The van der Waals surface area contributed by atoms with Gasteiger partial charge in [0.2, 0.25) is 6.23 Å². The maximum Gasteiger partial charge on any atom is 0.227 e. The van der Waals surface area contributed by atoms with E-state index < -0.39 is 0 Å². The van der Waals surface area contributed by atoms with Gasteiger partial charge >= 0.3 is 0 Å². The Bertz CT molecular complexity index is 331. The van der Waals surface area contributed by atoms with Gasteiger partial charge in [-0.2, -0.15) is 0 Å². The molecular formula is C9H11N3O3. The van der Waals surface area contributed by atoms with E-state index in [1.807, 2.05) is 6.08 Å². The molecule has 6 nitrogen and oxygen atoms in total. The molecule has 80 valence electrons. The predicted molar refractivity (Wildman–Crippen MR) is 51.8 cm³/mol. The molecular weight excluding hydrogens is 198 g/mol. The van der Waals surface area contributed by atoms with Gasteiger partial charge in [0.25, 0.3) is 0 Å². The molecule has 0 aromatic carbocycles. The minimum absolute atomic E-state index is 0.146. The molecule has 0 aromatic rings. The highest BCUT2D eigenvalue weighted by Gasteiger charge is 2.33. The van der Waals surface area contributed by atoms with E-state index in [0.717, 1.165) is 12.1 Å². The van der Waals surface area contributed by atoms with Crippen molar-refractivity contribution < 1.29 is 14.5 Å². The van der Waals surface area contributed by atoms with Crippen LogP contribution in [0.4, 0.5) is 0 Å². The van der Waals surface area contributed by atoms with E-state index in [4.69, 9.17) is 14.5 Å². The van der Waals surface area contributed by atoms with Gasteiger partial charge in [0.1, 0.15) is 6.61 Å². The van der Waals surface area contributed by atoms with E-state index in [1.165, 1.54) is 0 Å². The van der Waals surface area contributed by atoms with Crippen molar-refractivity contribution in [1.82, 2.24) is 5.06 Å². The third kappa shape index (κ3) is 1.46. The third-order valence-corrected chi connectivity index (χ3v) is 2.54. The van der Waals surface area contributed by atoms with Gasteiger partial charge in [-0.1, -0.05) is 10.3 Å². The van der Waals surface area contributed by atoms with Gasteiger partial charge in [-0.05, 0) is 6.08 Å². The summed E-state index contributed by atoms with van der Waals surface area (Å²) in [6.07, 6.45) is 6.13. The molecule has 3 heterocycles. The fourth-order valence-corrected chi connectivity index (χ4v) is 1.80.